The highest BCUT2D eigenvalue weighted by atomic mass is 127. The number of sulfonamides is 1. The number of rotatable bonds is 7. The molecule has 2 N–H and O–H groups in total. The molecule has 2 heterocycles. The average molecular weight is 498 g/mol. The van der Waals surface area contributed by atoms with Crippen LogP contribution in [0.25, 0.3) is 0 Å². The molecule has 8 nitrogen and oxygen atoms in total. The molecule has 150 valence electrons. The first-order valence-electron chi connectivity index (χ1n) is 8.86. The normalized spacial score (nSPS) is 21.3. The largest absolute Gasteiger partial charge is 0.357 e. The minimum atomic E-state index is -3.13. The number of nitrogens with one attached hydrogen (secondary N) is 2. The molecular weight excluding hydrogens is 467 g/mol. The second-order valence-corrected chi connectivity index (χ2v) is 8.38. The number of hydrogen-bond donors (Lipinski definition) is 2. The van der Waals surface area contributed by atoms with Crippen LogP contribution in [0, 0.1) is 5.92 Å². The monoisotopic (exact) mass is 498 g/mol. The lowest BCUT2D eigenvalue weighted by Gasteiger charge is -2.39. The van der Waals surface area contributed by atoms with Crippen molar-refractivity contribution < 1.29 is 8.42 Å². The Morgan fingerprint density at radius 3 is 2.81 bits per heavy atom. The number of guanidine groups is 1. The van der Waals surface area contributed by atoms with Gasteiger partial charge in [-0.1, -0.05) is 6.92 Å². The number of piperidine rings is 1. The number of nitrogens with zero attached hydrogens (tertiary/aromatic N) is 4. The van der Waals surface area contributed by atoms with Crippen LogP contribution in [0.5, 0.6) is 0 Å². The quantitative estimate of drug-likeness (QED) is 0.256. The van der Waals surface area contributed by atoms with E-state index in [2.05, 4.69) is 43.3 Å². The van der Waals surface area contributed by atoms with Gasteiger partial charge in [0.1, 0.15) is 0 Å². The summed E-state index contributed by atoms with van der Waals surface area (Å²) >= 11 is 0. The molecule has 0 spiro atoms. The van der Waals surface area contributed by atoms with Crippen LogP contribution in [0.4, 0.5) is 0 Å². The molecule has 26 heavy (non-hydrogen) atoms. The molecule has 1 fully saturated rings. The number of halogens is 1. The number of aliphatic imine (C=N–C) groups is 1. The van der Waals surface area contributed by atoms with Crippen LogP contribution in [0.15, 0.2) is 23.7 Å². The summed E-state index contributed by atoms with van der Waals surface area (Å²) in [5.74, 6) is 1.49. The molecule has 2 rings (SSSR count). The molecule has 2 unspecified atom stereocenters. The SMILES string of the molecule is CCNC(=NCCCNS(C)(=O)=O)N1CCC(C)C(n2ccnc2)C1.I. The predicted octanol–water partition coefficient (Wildman–Crippen LogP) is 1.29. The Bertz CT molecular complexity index is 650. The predicted molar refractivity (Wildman–Crippen MR) is 115 cm³/mol. The third-order valence-corrected chi connectivity index (χ3v) is 5.15. The second kappa shape index (κ2) is 11.1. The second-order valence-electron chi connectivity index (χ2n) is 6.54. The third-order valence-electron chi connectivity index (χ3n) is 4.42. The first-order valence-corrected chi connectivity index (χ1v) is 10.7. The van der Waals surface area contributed by atoms with E-state index >= 15 is 0 Å². The molecule has 2 atom stereocenters. The Kier molecular flexibility index (Phi) is 9.86. The van der Waals surface area contributed by atoms with Gasteiger partial charge in [0.25, 0.3) is 0 Å². The zero-order valence-corrected chi connectivity index (χ0v) is 18.9. The summed E-state index contributed by atoms with van der Waals surface area (Å²) in [7, 11) is -3.13. The van der Waals surface area contributed by atoms with Gasteiger partial charge in [-0.3, -0.25) is 4.99 Å². The summed E-state index contributed by atoms with van der Waals surface area (Å²) < 4.78 is 26.8. The zero-order chi connectivity index (χ0) is 18.3. The van der Waals surface area contributed by atoms with Gasteiger partial charge in [0.15, 0.2) is 5.96 Å². The maximum absolute atomic E-state index is 11.1. The van der Waals surface area contributed by atoms with E-state index in [-0.39, 0.29) is 24.0 Å². The van der Waals surface area contributed by atoms with Gasteiger partial charge in [-0.25, -0.2) is 18.1 Å². The molecular formula is C16H31IN6O2S. The van der Waals surface area contributed by atoms with Gasteiger partial charge in [-0.15, -0.1) is 24.0 Å². The van der Waals surface area contributed by atoms with Crippen LogP contribution >= 0.6 is 24.0 Å². The third kappa shape index (κ3) is 7.39. The van der Waals surface area contributed by atoms with E-state index in [1.54, 1.807) is 0 Å². The van der Waals surface area contributed by atoms with Gasteiger partial charge in [0.2, 0.25) is 10.0 Å². The summed E-state index contributed by atoms with van der Waals surface area (Å²) in [6, 6.07) is 0.381. The van der Waals surface area contributed by atoms with Crippen molar-refractivity contribution in [1.82, 2.24) is 24.5 Å². The maximum atomic E-state index is 11.1. The Morgan fingerprint density at radius 1 is 1.42 bits per heavy atom. The van der Waals surface area contributed by atoms with Crippen molar-refractivity contribution in [3.05, 3.63) is 18.7 Å². The molecule has 1 aromatic rings. The fraction of sp³-hybridized carbons (Fsp3) is 0.750. The molecule has 10 heteroatoms. The number of aromatic nitrogens is 2. The van der Waals surface area contributed by atoms with Crippen LogP contribution < -0.4 is 10.0 Å². The van der Waals surface area contributed by atoms with Crippen LogP contribution in [0.1, 0.15) is 32.7 Å². The fourth-order valence-corrected chi connectivity index (χ4v) is 3.56. The van der Waals surface area contributed by atoms with Crippen LogP contribution in [0.3, 0.4) is 0 Å². The van der Waals surface area contributed by atoms with Crippen molar-refractivity contribution in [3.63, 3.8) is 0 Å². The standard InChI is InChI=1S/C16H30N6O2S.HI/c1-4-18-16(19-7-5-8-20-25(3,23)24)21-10-6-14(2)15(12-21)22-11-9-17-13-22;/h9,11,13-15,20H,4-8,10,12H2,1-3H3,(H,18,19);1H. The highest BCUT2D eigenvalue weighted by Crippen LogP contribution is 2.27. The number of imidazole rings is 1. The number of likely N-dealkylation sites (tertiary alicyclic amines) is 1. The molecule has 1 saturated heterocycles. The molecule has 0 aromatic carbocycles. The van der Waals surface area contributed by atoms with E-state index in [4.69, 9.17) is 0 Å². The Hall–Kier alpha value is -0.880. The van der Waals surface area contributed by atoms with Crippen molar-refractivity contribution in [3.8, 4) is 0 Å². The van der Waals surface area contributed by atoms with Gasteiger partial charge in [0, 0.05) is 45.1 Å². The minimum Gasteiger partial charge on any atom is -0.357 e. The summed E-state index contributed by atoms with van der Waals surface area (Å²) in [4.78, 5) is 11.1. The van der Waals surface area contributed by atoms with Crippen LogP contribution in [-0.4, -0.2) is 67.8 Å². The topological polar surface area (TPSA) is 91.6 Å². The van der Waals surface area contributed by atoms with Crippen LogP contribution in [-0.2, 0) is 10.0 Å². The lowest BCUT2D eigenvalue weighted by Crippen LogP contribution is -2.49. The van der Waals surface area contributed by atoms with Crippen molar-refractivity contribution in [2.75, 3.05) is 39.0 Å². The van der Waals surface area contributed by atoms with E-state index in [1.807, 2.05) is 18.7 Å². The Balaban J connectivity index is 0.00000338. The smallest absolute Gasteiger partial charge is 0.208 e. The summed E-state index contributed by atoms with van der Waals surface area (Å²) in [5.41, 5.74) is 0. The van der Waals surface area contributed by atoms with Gasteiger partial charge < -0.3 is 14.8 Å². The van der Waals surface area contributed by atoms with Crippen molar-refractivity contribution in [2.45, 2.75) is 32.7 Å². The van der Waals surface area contributed by atoms with E-state index < -0.39 is 10.0 Å². The maximum Gasteiger partial charge on any atom is 0.208 e. The van der Waals surface area contributed by atoms with Crippen molar-refractivity contribution in [2.24, 2.45) is 10.9 Å². The molecule has 0 bridgehead atoms. The van der Waals surface area contributed by atoms with Crippen molar-refractivity contribution >= 4 is 40.0 Å². The van der Waals surface area contributed by atoms with Gasteiger partial charge in [0.05, 0.1) is 18.6 Å². The highest BCUT2D eigenvalue weighted by molar-refractivity contribution is 14.0. The molecule has 0 saturated carbocycles. The van der Waals surface area contributed by atoms with Crippen molar-refractivity contribution in [1.29, 1.82) is 0 Å². The lowest BCUT2D eigenvalue weighted by molar-refractivity contribution is 0.189. The average Bonchev–Trinajstić information content (AvgIpc) is 3.07. The van der Waals surface area contributed by atoms with E-state index in [1.165, 1.54) is 6.26 Å². The summed E-state index contributed by atoms with van der Waals surface area (Å²) in [6.45, 7) is 8.01. The van der Waals surface area contributed by atoms with Gasteiger partial charge in [-0.05, 0) is 25.7 Å². The Morgan fingerprint density at radius 2 is 2.19 bits per heavy atom. The summed E-state index contributed by atoms with van der Waals surface area (Å²) in [6.07, 6.45) is 8.67. The minimum absolute atomic E-state index is 0. The van der Waals surface area contributed by atoms with E-state index in [9.17, 15) is 8.42 Å². The number of hydrogen-bond acceptors (Lipinski definition) is 4. The molecule has 0 radical (unpaired) electrons. The fourth-order valence-electron chi connectivity index (χ4n) is 3.04. The van der Waals surface area contributed by atoms with Gasteiger partial charge >= 0.3 is 0 Å². The highest BCUT2D eigenvalue weighted by Gasteiger charge is 2.28. The first-order chi connectivity index (χ1) is 11.9. The van der Waals surface area contributed by atoms with E-state index in [0.29, 0.717) is 31.5 Å². The first kappa shape index (κ1) is 23.2. The molecule has 1 aliphatic heterocycles. The Labute approximate surface area is 173 Å². The molecule has 0 aliphatic carbocycles. The summed E-state index contributed by atoms with van der Waals surface area (Å²) in [5, 5.41) is 3.35. The zero-order valence-electron chi connectivity index (χ0n) is 15.8. The van der Waals surface area contributed by atoms with Gasteiger partial charge in [-0.2, -0.15) is 0 Å². The molecule has 0 amide bonds. The van der Waals surface area contributed by atoms with E-state index in [0.717, 1.165) is 32.0 Å². The lowest BCUT2D eigenvalue weighted by atomic mass is 9.93. The molecule has 1 aliphatic rings. The van der Waals surface area contributed by atoms with Crippen LogP contribution in [0.2, 0.25) is 0 Å². The molecule has 1 aromatic heterocycles.